The molecule has 0 amide bonds. The first-order valence-corrected chi connectivity index (χ1v) is 10.1. The molecule has 3 heteroatoms. The van der Waals surface area contributed by atoms with Crippen molar-refractivity contribution in [2.75, 3.05) is 25.0 Å². The summed E-state index contributed by atoms with van der Waals surface area (Å²) in [7, 11) is 2.34. The van der Waals surface area contributed by atoms with Crippen LogP contribution in [0.25, 0.3) is 0 Å². The second-order valence-electron chi connectivity index (χ2n) is 8.75. The quantitative estimate of drug-likeness (QED) is 0.838. The Morgan fingerprint density at radius 2 is 1.92 bits per heavy atom. The van der Waals surface area contributed by atoms with Crippen molar-refractivity contribution in [3.63, 3.8) is 0 Å². The average molecular weight is 348 g/mol. The molecule has 0 unspecified atom stereocenters. The van der Waals surface area contributed by atoms with Gasteiger partial charge in [0.25, 0.3) is 0 Å². The number of aryl methyl sites for hydroxylation is 2. The summed E-state index contributed by atoms with van der Waals surface area (Å²) in [6.07, 6.45) is 5.87. The van der Waals surface area contributed by atoms with Crippen molar-refractivity contribution in [2.45, 2.75) is 51.1 Å². The molecular weight excluding hydrogens is 318 g/mol. The number of hydrogen-bond acceptors (Lipinski definition) is 3. The first-order chi connectivity index (χ1) is 12.6. The van der Waals surface area contributed by atoms with E-state index < -0.39 is 0 Å². The molecule has 0 N–H and O–H groups in total. The third-order valence-electron chi connectivity index (χ3n) is 6.96. The van der Waals surface area contributed by atoms with Gasteiger partial charge in [0.05, 0.1) is 0 Å². The number of likely N-dealkylation sites (tertiary alicyclic amines) is 1. The van der Waals surface area contributed by atoms with Gasteiger partial charge in [-0.25, -0.2) is 0 Å². The summed E-state index contributed by atoms with van der Waals surface area (Å²) in [4.78, 5) is 9.85. The molecule has 2 fully saturated rings. The van der Waals surface area contributed by atoms with E-state index in [1.165, 1.54) is 36.2 Å². The van der Waals surface area contributed by atoms with E-state index in [0.29, 0.717) is 12.0 Å². The largest absolute Gasteiger partial charge is 0.367 e. The lowest BCUT2D eigenvalue weighted by atomic mass is 9.76. The summed E-state index contributed by atoms with van der Waals surface area (Å²) >= 11 is 0. The molecule has 2 bridgehead atoms. The molecule has 3 heterocycles. The maximum atomic E-state index is 4.48. The van der Waals surface area contributed by atoms with E-state index in [2.05, 4.69) is 72.2 Å². The van der Waals surface area contributed by atoms with Crippen LogP contribution in [0, 0.1) is 19.8 Å². The maximum Gasteiger partial charge on any atom is 0.0406 e. The van der Waals surface area contributed by atoms with Crippen molar-refractivity contribution in [1.29, 1.82) is 0 Å². The number of nitrogens with zero attached hydrogens (tertiary/aromatic N) is 3. The Balaban J connectivity index is 1.46. The van der Waals surface area contributed by atoms with E-state index in [0.717, 1.165) is 30.6 Å². The van der Waals surface area contributed by atoms with E-state index in [1.807, 2.05) is 0 Å². The second-order valence-corrected chi connectivity index (χ2v) is 8.75. The van der Waals surface area contributed by atoms with Crippen LogP contribution in [0.3, 0.4) is 0 Å². The molecule has 1 saturated carbocycles. The molecule has 0 spiro atoms. The minimum absolute atomic E-state index is 0.680. The molecule has 3 aliphatic rings. The molecule has 1 aromatic carbocycles. The highest BCUT2D eigenvalue weighted by Gasteiger charge is 2.51. The average Bonchev–Trinajstić information content (AvgIpc) is 3.09. The van der Waals surface area contributed by atoms with Gasteiger partial charge in [-0.05, 0) is 69.3 Å². The molecule has 5 rings (SSSR count). The Morgan fingerprint density at radius 3 is 2.73 bits per heavy atom. The minimum atomic E-state index is 0.680. The third-order valence-corrected chi connectivity index (χ3v) is 6.96. The summed E-state index contributed by atoms with van der Waals surface area (Å²) in [5.41, 5.74) is 6.95. The van der Waals surface area contributed by atoms with Crippen LogP contribution in [0.4, 0.5) is 5.69 Å². The predicted octanol–water partition coefficient (Wildman–Crippen LogP) is 3.94. The minimum Gasteiger partial charge on any atom is -0.367 e. The molecule has 136 valence electrons. The smallest absolute Gasteiger partial charge is 0.0406 e. The first-order valence-electron chi connectivity index (χ1n) is 10.1. The zero-order chi connectivity index (χ0) is 17.8. The second kappa shape index (κ2) is 6.09. The fraction of sp³-hybridized carbons (Fsp3) is 0.522. The number of anilines is 1. The summed E-state index contributed by atoms with van der Waals surface area (Å²) < 4.78 is 0. The van der Waals surface area contributed by atoms with Crippen LogP contribution >= 0.6 is 0 Å². The maximum absolute atomic E-state index is 4.48. The Kier molecular flexibility index (Phi) is 3.82. The summed E-state index contributed by atoms with van der Waals surface area (Å²) in [6, 6.07) is 12.9. The van der Waals surface area contributed by atoms with Gasteiger partial charge in [0.1, 0.15) is 0 Å². The van der Waals surface area contributed by atoms with Gasteiger partial charge in [-0.3, -0.25) is 4.98 Å². The summed E-state index contributed by atoms with van der Waals surface area (Å²) in [5.74, 6) is 1.56. The summed E-state index contributed by atoms with van der Waals surface area (Å²) in [6.45, 7) is 6.68. The topological polar surface area (TPSA) is 19.4 Å². The van der Waals surface area contributed by atoms with E-state index >= 15 is 0 Å². The van der Waals surface area contributed by atoms with Gasteiger partial charge in [-0.2, -0.15) is 0 Å². The lowest BCUT2D eigenvalue weighted by Crippen LogP contribution is -2.44. The van der Waals surface area contributed by atoms with Crippen molar-refractivity contribution < 1.29 is 0 Å². The monoisotopic (exact) mass is 347 g/mol. The number of rotatable bonds is 3. The van der Waals surface area contributed by atoms with E-state index in [9.17, 15) is 0 Å². The summed E-state index contributed by atoms with van der Waals surface area (Å²) in [5, 5.41) is 0. The number of pyridine rings is 1. The highest BCUT2D eigenvalue weighted by atomic mass is 15.2. The molecule has 1 aromatic heterocycles. The highest BCUT2D eigenvalue weighted by Crippen LogP contribution is 2.53. The lowest BCUT2D eigenvalue weighted by Gasteiger charge is -2.38. The van der Waals surface area contributed by atoms with Gasteiger partial charge in [-0.15, -0.1) is 0 Å². The van der Waals surface area contributed by atoms with Gasteiger partial charge in [0.2, 0.25) is 0 Å². The van der Waals surface area contributed by atoms with Gasteiger partial charge < -0.3 is 9.80 Å². The predicted molar refractivity (Wildman–Crippen MR) is 107 cm³/mol. The van der Waals surface area contributed by atoms with Crippen LogP contribution in [0.1, 0.15) is 41.1 Å². The van der Waals surface area contributed by atoms with Gasteiger partial charge in [0, 0.05) is 48.7 Å². The Labute approximate surface area is 157 Å². The fourth-order valence-corrected chi connectivity index (χ4v) is 5.77. The van der Waals surface area contributed by atoms with Crippen molar-refractivity contribution in [3.8, 4) is 0 Å². The van der Waals surface area contributed by atoms with Crippen LogP contribution in [0.5, 0.6) is 0 Å². The molecule has 2 aliphatic heterocycles. The number of fused-ring (bicyclic) bond motifs is 6. The number of aromatic nitrogens is 1. The van der Waals surface area contributed by atoms with Gasteiger partial charge >= 0.3 is 0 Å². The van der Waals surface area contributed by atoms with Crippen LogP contribution in [-0.4, -0.2) is 42.1 Å². The van der Waals surface area contributed by atoms with Crippen molar-refractivity contribution in [3.05, 3.63) is 58.9 Å². The van der Waals surface area contributed by atoms with E-state index in [4.69, 9.17) is 0 Å². The first kappa shape index (κ1) is 16.3. The third kappa shape index (κ3) is 2.56. The molecular formula is C23H29N3. The lowest BCUT2D eigenvalue weighted by molar-refractivity contribution is 0.249. The number of benzene rings is 1. The number of hydrogen-bond donors (Lipinski definition) is 0. The van der Waals surface area contributed by atoms with Crippen LogP contribution in [-0.2, 0) is 6.42 Å². The zero-order valence-corrected chi connectivity index (χ0v) is 16.2. The highest BCUT2D eigenvalue weighted by molar-refractivity contribution is 5.64. The standard InChI is InChI=1S/C23H29N3/c1-15-4-7-20-19(10-15)23-21-11-18(14-25(21)3)12-22(23)26(20)9-8-17-6-5-16(2)24-13-17/h4-7,10,13,18,21-23H,8-9,11-12,14H2,1-3H3/t18-,21+,22+,23-/m0/s1. The Hall–Kier alpha value is -1.87. The SMILES string of the molecule is Cc1ccc2c(c1)[C@H]1[C@H]3C[C@@H](C[C@H]1N2CCc1ccc(C)nc1)CN3C. The fourth-order valence-electron chi connectivity index (χ4n) is 5.77. The Bertz CT molecular complexity index is 813. The van der Waals surface area contributed by atoms with Crippen molar-refractivity contribution in [2.24, 2.45) is 5.92 Å². The molecule has 26 heavy (non-hydrogen) atoms. The van der Waals surface area contributed by atoms with Crippen LogP contribution in [0.15, 0.2) is 36.5 Å². The van der Waals surface area contributed by atoms with Crippen LogP contribution in [0.2, 0.25) is 0 Å². The normalized spacial score (nSPS) is 29.7. The van der Waals surface area contributed by atoms with E-state index in [-0.39, 0.29) is 0 Å². The molecule has 4 atom stereocenters. The van der Waals surface area contributed by atoms with Gasteiger partial charge in [0.15, 0.2) is 0 Å². The van der Waals surface area contributed by atoms with Gasteiger partial charge in [-0.1, -0.05) is 23.8 Å². The van der Waals surface area contributed by atoms with Crippen molar-refractivity contribution >= 4 is 5.69 Å². The molecule has 1 saturated heterocycles. The molecule has 0 radical (unpaired) electrons. The van der Waals surface area contributed by atoms with Crippen LogP contribution < -0.4 is 4.90 Å². The Morgan fingerprint density at radius 1 is 1.08 bits per heavy atom. The van der Waals surface area contributed by atoms with Crippen molar-refractivity contribution in [1.82, 2.24) is 9.88 Å². The molecule has 2 aromatic rings. The molecule has 3 nitrogen and oxygen atoms in total. The van der Waals surface area contributed by atoms with E-state index in [1.54, 1.807) is 5.56 Å². The zero-order valence-electron chi connectivity index (χ0n) is 16.2. The molecule has 1 aliphatic carbocycles. The number of likely N-dealkylation sites (N-methyl/N-ethyl adjacent to an activating group) is 1.